The lowest BCUT2D eigenvalue weighted by Gasteiger charge is -2.32. The second-order valence-corrected chi connectivity index (χ2v) is 6.94. The number of nitrogens with one attached hydrogen (secondary N) is 1. The SMILES string of the molecule is Cc1cc(C)c2c(c1)NC(C)C(CC#N)S2(=O)=O. The van der Waals surface area contributed by atoms with Crippen LogP contribution in [0.25, 0.3) is 0 Å². The topological polar surface area (TPSA) is 70.0 Å². The van der Waals surface area contributed by atoms with Gasteiger partial charge in [-0.1, -0.05) is 6.07 Å². The van der Waals surface area contributed by atoms with Crippen LogP contribution in [0.4, 0.5) is 5.69 Å². The summed E-state index contributed by atoms with van der Waals surface area (Å²) in [5.74, 6) is 0. The number of anilines is 1. The van der Waals surface area contributed by atoms with E-state index >= 15 is 0 Å². The molecule has 0 saturated carbocycles. The van der Waals surface area contributed by atoms with Crippen LogP contribution in [0.2, 0.25) is 0 Å². The normalized spacial score (nSPS) is 24.8. The zero-order chi connectivity index (χ0) is 13.5. The summed E-state index contributed by atoms with van der Waals surface area (Å²) in [6.45, 7) is 5.54. The van der Waals surface area contributed by atoms with Crippen molar-refractivity contribution in [2.24, 2.45) is 0 Å². The van der Waals surface area contributed by atoms with Crippen molar-refractivity contribution in [3.63, 3.8) is 0 Å². The molecule has 1 aliphatic heterocycles. The van der Waals surface area contributed by atoms with Gasteiger partial charge in [-0.25, -0.2) is 8.42 Å². The Balaban J connectivity index is 2.68. The Kier molecular flexibility index (Phi) is 3.07. The molecule has 96 valence electrons. The van der Waals surface area contributed by atoms with Gasteiger partial charge in [0.25, 0.3) is 0 Å². The van der Waals surface area contributed by atoms with Gasteiger partial charge in [0.2, 0.25) is 0 Å². The molecule has 1 aromatic rings. The van der Waals surface area contributed by atoms with Gasteiger partial charge in [0.05, 0.1) is 28.3 Å². The molecule has 0 fully saturated rings. The van der Waals surface area contributed by atoms with Gasteiger partial charge in [-0.15, -0.1) is 0 Å². The van der Waals surface area contributed by atoms with E-state index in [9.17, 15) is 8.42 Å². The van der Waals surface area contributed by atoms with Gasteiger partial charge in [-0.05, 0) is 38.0 Å². The van der Waals surface area contributed by atoms with Crippen LogP contribution in [0.1, 0.15) is 24.5 Å². The van der Waals surface area contributed by atoms with Crippen molar-refractivity contribution in [2.75, 3.05) is 5.32 Å². The zero-order valence-electron chi connectivity index (χ0n) is 10.7. The minimum Gasteiger partial charge on any atom is -0.380 e. The molecular formula is C13H16N2O2S. The Morgan fingerprint density at radius 2 is 2.06 bits per heavy atom. The van der Waals surface area contributed by atoms with Crippen molar-refractivity contribution in [3.8, 4) is 6.07 Å². The molecule has 0 aliphatic carbocycles. The van der Waals surface area contributed by atoms with Crippen molar-refractivity contribution in [1.29, 1.82) is 5.26 Å². The van der Waals surface area contributed by atoms with E-state index in [1.165, 1.54) is 0 Å². The van der Waals surface area contributed by atoms with Crippen LogP contribution in [-0.4, -0.2) is 19.7 Å². The Morgan fingerprint density at radius 1 is 1.39 bits per heavy atom. The van der Waals surface area contributed by atoms with E-state index in [-0.39, 0.29) is 12.5 Å². The van der Waals surface area contributed by atoms with E-state index in [4.69, 9.17) is 5.26 Å². The number of sulfone groups is 1. The molecule has 0 saturated heterocycles. The van der Waals surface area contributed by atoms with E-state index in [0.29, 0.717) is 10.6 Å². The highest BCUT2D eigenvalue weighted by atomic mass is 32.2. The average Bonchev–Trinajstić information content (AvgIpc) is 2.22. The fourth-order valence-corrected chi connectivity index (χ4v) is 4.71. The van der Waals surface area contributed by atoms with Gasteiger partial charge in [-0.3, -0.25) is 0 Å². The Labute approximate surface area is 108 Å². The highest BCUT2D eigenvalue weighted by molar-refractivity contribution is 7.92. The van der Waals surface area contributed by atoms with Gasteiger partial charge in [0.1, 0.15) is 0 Å². The minimum absolute atomic E-state index is 0.0171. The molecule has 5 heteroatoms. The summed E-state index contributed by atoms with van der Waals surface area (Å²) >= 11 is 0. The first-order chi connectivity index (χ1) is 8.37. The lowest BCUT2D eigenvalue weighted by atomic mass is 10.1. The summed E-state index contributed by atoms with van der Waals surface area (Å²) in [5, 5.41) is 11.3. The number of aryl methyl sites for hydroxylation is 2. The van der Waals surface area contributed by atoms with E-state index < -0.39 is 15.1 Å². The average molecular weight is 264 g/mol. The third-order valence-corrected chi connectivity index (χ3v) is 5.82. The van der Waals surface area contributed by atoms with E-state index in [1.807, 2.05) is 25.1 Å². The van der Waals surface area contributed by atoms with Crippen LogP contribution in [-0.2, 0) is 9.84 Å². The van der Waals surface area contributed by atoms with Crippen molar-refractivity contribution < 1.29 is 8.42 Å². The first kappa shape index (κ1) is 12.9. The predicted octanol–water partition coefficient (Wildman–Crippen LogP) is 2.17. The highest BCUT2D eigenvalue weighted by Gasteiger charge is 2.39. The van der Waals surface area contributed by atoms with Crippen LogP contribution in [0.5, 0.6) is 0 Å². The quantitative estimate of drug-likeness (QED) is 0.844. The predicted molar refractivity (Wildman–Crippen MR) is 70.2 cm³/mol. The second kappa shape index (κ2) is 4.29. The molecule has 18 heavy (non-hydrogen) atoms. The number of benzene rings is 1. The molecule has 2 atom stereocenters. The molecule has 1 heterocycles. The molecule has 0 bridgehead atoms. The number of hydrogen-bond donors (Lipinski definition) is 1. The standard InChI is InChI=1S/C13H16N2O2S/c1-8-6-9(2)13-11(7-8)15-10(3)12(4-5-14)18(13,16)17/h6-7,10,12,15H,4H2,1-3H3. The maximum atomic E-state index is 12.5. The van der Waals surface area contributed by atoms with E-state index in [2.05, 4.69) is 5.32 Å². The first-order valence-corrected chi connectivity index (χ1v) is 7.41. The molecule has 2 unspecified atom stereocenters. The molecule has 1 aromatic carbocycles. The number of nitriles is 1. The lowest BCUT2D eigenvalue weighted by molar-refractivity contribution is 0.560. The van der Waals surface area contributed by atoms with Crippen LogP contribution in [0, 0.1) is 25.2 Å². The first-order valence-electron chi connectivity index (χ1n) is 5.86. The van der Waals surface area contributed by atoms with E-state index in [1.54, 1.807) is 13.8 Å². The monoisotopic (exact) mass is 264 g/mol. The summed E-state index contributed by atoms with van der Waals surface area (Å²) < 4.78 is 25.1. The molecule has 1 aliphatic rings. The molecule has 0 radical (unpaired) electrons. The summed E-state index contributed by atoms with van der Waals surface area (Å²) in [6, 6.07) is 5.42. The zero-order valence-corrected chi connectivity index (χ0v) is 11.5. The fourth-order valence-electron chi connectivity index (χ4n) is 2.57. The number of fused-ring (bicyclic) bond motifs is 1. The molecule has 0 amide bonds. The van der Waals surface area contributed by atoms with Crippen molar-refractivity contribution in [1.82, 2.24) is 0 Å². The lowest BCUT2D eigenvalue weighted by Crippen LogP contribution is -2.42. The maximum absolute atomic E-state index is 12.5. The summed E-state index contributed by atoms with van der Waals surface area (Å²) in [5.41, 5.74) is 2.43. The molecule has 1 N–H and O–H groups in total. The molecule has 2 rings (SSSR count). The summed E-state index contributed by atoms with van der Waals surface area (Å²) in [7, 11) is -3.43. The van der Waals surface area contributed by atoms with Crippen LogP contribution >= 0.6 is 0 Å². The molecule has 0 aromatic heterocycles. The Morgan fingerprint density at radius 3 is 2.67 bits per heavy atom. The van der Waals surface area contributed by atoms with Gasteiger partial charge in [-0.2, -0.15) is 5.26 Å². The van der Waals surface area contributed by atoms with Crippen LogP contribution < -0.4 is 5.32 Å². The summed E-state index contributed by atoms with van der Waals surface area (Å²) in [6.07, 6.45) is 0.0171. The molecule has 0 spiro atoms. The van der Waals surface area contributed by atoms with Crippen molar-refractivity contribution >= 4 is 15.5 Å². The minimum atomic E-state index is -3.43. The number of rotatable bonds is 1. The maximum Gasteiger partial charge on any atom is 0.186 e. The second-order valence-electron chi connectivity index (χ2n) is 4.84. The highest BCUT2D eigenvalue weighted by Crippen LogP contribution is 2.36. The fraction of sp³-hybridized carbons (Fsp3) is 0.462. The van der Waals surface area contributed by atoms with Gasteiger partial charge >= 0.3 is 0 Å². The number of nitrogens with zero attached hydrogens (tertiary/aromatic N) is 1. The van der Waals surface area contributed by atoms with Crippen LogP contribution in [0.3, 0.4) is 0 Å². The molecule has 4 nitrogen and oxygen atoms in total. The third-order valence-electron chi connectivity index (χ3n) is 3.34. The smallest absolute Gasteiger partial charge is 0.186 e. The van der Waals surface area contributed by atoms with Crippen LogP contribution in [0.15, 0.2) is 17.0 Å². The van der Waals surface area contributed by atoms with Crippen molar-refractivity contribution in [2.45, 2.75) is 43.4 Å². The van der Waals surface area contributed by atoms with E-state index in [0.717, 1.165) is 11.1 Å². The van der Waals surface area contributed by atoms with Gasteiger partial charge in [0, 0.05) is 6.04 Å². The summed E-state index contributed by atoms with van der Waals surface area (Å²) in [4.78, 5) is 0.353. The van der Waals surface area contributed by atoms with Crippen molar-refractivity contribution in [3.05, 3.63) is 23.3 Å². The largest absolute Gasteiger partial charge is 0.380 e. The van der Waals surface area contributed by atoms with Gasteiger partial charge < -0.3 is 5.32 Å². The molecular weight excluding hydrogens is 248 g/mol. The number of hydrogen-bond acceptors (Lipinski definition) is 4. The third kappa shape index (κ3) is 1.87. The Hall–Kier alpha value is -1.54. The Bertz CT molecular complexity index is 629. The van der Waals surface area contributed by atoms with Gasteiger partial charge in [0.15, 0.2) is 9.84 Å².